The second kappa shape index (κ2) is 7.40. The highest BCUT2D eigenvalue weighted by Gasteiger charge is 2.21. The van der Waals surface area contributed by atoms with Crippen LogP contribution in [0.15, 0.2) is 47.1 Å². The minimum absolute atomic E-state index is 0.0347. The van der Waals surface area contributed by atoms with E-state index in [0.717, 1.165) is 0 Å². The van der Waals surface area contributed by atoms with E-state index < -0.39 is 16.9 Å². The molecule has 126 valence electrons. The molecule has 1 N–H and O–H groups in total. The van der Waals surface area contributed by atoms with Crippen molar-refractivity contribution in [3.05, 3.63) is 64.1 Å². The summed E-state index contributed by atoms with van der Waals surface area (Å²) in [7, 11) is 1.57. The Morgan fingerprint density at radius 1 is 1.33 bits per heavy atom. The highest BCUT2D eigenvalue weighted by atomic mass is 16.6. The number of rotatable bonds is 6. The molecule has 0 aliphatic rings. The number of non-ortho nitro benzene ring substituents is 1. The van der Waals surface area contributed by atoms with Gasteiger partial charge in [-0.1, -0.05) is 12.1 Å². The van der Waals surface area contributed by atoms with Crippen LogP contribution in [0.4, 0.5) is 5.69 Å². The van der Waals surface area contributed by atoms with E-state index in [4.69, 9.17) is 4.42 Å². The maximum absolute atomic E-state index is 12.3. The molecule has 8 heteroatoms. The molecule has 2 amide bonds. The number of likely N-dealkylation sites (N-methyl/N-ethyl adjacent to an activating group) is 1. The van der Waals surface area contributed by atoms with Crippen molar-refractivity contribution in [1.29, 1.82) is 0 Å². The Morgan fingerprint density at radius 2 is 2.08 bits per heavy atom. The fourth-order valence-electron chi connectivity index (χ4n) is 2.19. The summed E-state index contributed by atoms with van der Waals surface area (Å²) in [6.45, 7) is 1.76. The van der Waals surface area contributed by atoms with Crippen molar-refractivity contribution in [2.45, 2.75) is 19.5 Å². The zero-order chi connectivity index (χ0) is 17.7. The first-order valence-corrected chi connectivity index (χ1v) is 7.21. The molecule has 2 rings (SSSR count). The van der Waals surface area contributed by atoms with Crippen molar-refractivity contribution in [2.75, 3.05) is 7.05 Å². The Balaban J connectivity index is 1.97. The Hall–Kier alpha value is -3.16. The van der Waals surface area contributed by atoms with E-state index in [2.05, 4.69) is 5.32 Å². The van der Waals surface area contributed by atoms with Crippen LogP contribution in [0.1, 0.15) is 23.0 Å². The minimum atomic E-state index is -0.758. The van der Waals surface area contributed by atoms with Gasteiger partial charge in [-0.15, -0.1) is 0 Å². The van der Waals surface area contributed by atoms with Gasteiger partial charge < -0.3 is 14.6 Å². The third-order valence-electron chi connectivity index (χ3n) is 3.38. The average Bonchev–Trinajstić information content (AvgIpc) is 3.08. The summed E-state index contributed by atoms with van der Waals surface area (Å²) >= 11 is 0. The van der Waals surface area contributed by atoms with Crippen molar-refractivity contribution in [1.82, 2.24) is 10.2 Å². The van der Waals surface area contributed by atoms with Gasteiger partial charge in [-0.05, 0) is 24.6 Å². The van der Waals surface area contributed by atoms with Gasteiger partial charge in [0.15, 0.2) is 5.76 Å². The fourth-order valence-corrected chi connectivity index (χ4v) is 2.19. The SMILES string of the molecule is C[C@H](NC(=O)c1ccco1)C(=O)N(C)Cc1cccc([N+](=O)[O-])c1. The Kier molecular flexibility index (Phi) is 5.31. The molecule has 1 aromatic carbocycles. The third-order valence-corrected chi connectivity index (χ3v) is 3.38. The normalized spacial score (nSPS) is 11.6. The van der Waals surface area contributed by atoms with Crippen LogP contribution in [-0.2, 0) is 11.3 Å². The van der Waals surface area contributed by atoms with Crippen LogP contribution >= 0.6 is 0 Å². The van der Waals surface area contributed by atoms with Crippen LogP contribution in [0.5, 0.6) is 0 Å². The molecule has 0 spiro atoms. The van der Waals surface area contributed by atoms with Crippen LogP contribution in [-0.4, -0.2) is 34.7 Å². The van der Waals surface area contributed by atoms with Gasteiger partial charge >= 0.3 is 0 Å². The third kappa shape index (κ3) is 4.19. The molecular formula is C16H17N3O5. The zero-order valence-electron chi connectivity index (χ0n) is 13.3. The molecule has 0 aliphatic carbocycles. The first-order chi connectivity index (χ1) is 11.4. The first kappa shape index (κ1) is 17.2. The van der Waals surface area contributed by atoms with E-state index in [9.17, 15) is 19.7 Å². The van der Waals surface area contributed by atoms with E-state index in [1.807, 2.05) is 0 Å². The lowest BCUT2D eigenvalue weighted by atomic mass is 10.2. The van der Waals surface area contributed by atoms with Crippen LogP contribution in [0.25, 0.3) is 0 Å². The second-order valence-corrected chi connectivity index (χ2v) is 5.29. The molecule has 0 saturated carbocycles. The molecular weight excluding hydrogens is 314 g/mol. The summed E-state index contributed by atoms with van der Waals surface area (Å²) in [5, 5.41) is 13.3. The summed E-state index contributed by atoms with van der Waals surface area (Å²) in [4.78, 5) is 35.9. The molecule has 0 fully saturated rings. The van der Waals surface area contributed by atoms with Crippen LogP contribution in [0.2, 0.25) is 0 Å². The minimum Gasteiger partial charge on any atom is -0.459 e. The molecule has 2 aromatic rings. The number of nitrogens with one attached hydrogen (secondary N) is 1. The van der Waals surface area contributed by atoms with Gasteiger partial charge in [0, 0.05) is 25.7 Å². The molecule has 1 atom stereocenters. The maximum Gasteiger partial charge on any atom is 0.287 e. The largest absolute Gasteiger partial charge is 0.459 e. The van der Waals surface area contributed by atoms with Gasteiger partial charge in [0.1, 0.15) is 6.04 Å². The van der Waals surface area contributed by atoms with Crippen molar-refractivity contribution >= 4 is 17.5 Å². The summed E-state index contributed by atoms with van der Waals surface area (Å²) in [5.41, 5.74) is 0.595. The predicted molar refractivity (Wildman–Crippen MR) is 85.2 cm³/mol. The smallest absolute Gasteiger partial charge is 0.287 e. The molecule has 1 heterocycles. The summed E-state index contributed by atoms with van der Waals surface area (Å²) in [6, 6.07) is 8.38. The van der Waals surface area contributed by atoms with E-state index in [1.54, 1.807) is 32.2 Å². The number of furan rings is 1. The number of carbonyl (C=O) groups is 2. The number of hydrogen-bond acceptors (Lipinski definition) is 5. The van der Waals surface area contributed by atoms with E-state index in [-0.39, 0.29) is 23.9 Å². The number of nitro benzene ring substituents is 1. The maximum atomic E-state index is 12.3. The Morgan fingerprint density at radius 3 is 2.71 bits per heavy atom. The van der Waals surface area contributed by atoms with E-state index in [1.165, 1.54) is 29.4 Å². The van der Waals surface area contributed by atoms with E-state index >= 15 is 0 Å². The zero-order valence-corrected chi connectivity index (χ0v) is 13.3. The number of hydrogen-bond donors (Lipinski definition) is 1. The van der Waals surface area contributed by atoms with Crippen molar-refractivity contribution in [3.63, 3.8) is 0 Å². The van der Waals surface area contributed by atoms with Crippen molar-refractivity contribution in [3.8, 4) is 0 Å². The molecule has 24 heavy (non-hydrogen) atoms. The summed E-state index contributed by atoms with van der Waals surface area (Å²) < 4.78 is 4.97. The topological polar surface area (TPSA) is 106 Å². The van der Waals surface area contributed by atoms with Crippen molar-refractivity contribution < 1.29 is 18.9 Å². The number of benzene rings is 1. The van der Waals surface area contributed by atoms with Gasteiger partial charge in [-0.25, -0.2) is 0 Å². The molecule has 0 radical (unpaired) electrons. The highest BCUT2D eigenvalue weighted by molar-refractivity contribution is 5.95. The number of amides is 2. The van der Waals surface area contributed by atoms with E-state index in [0.29, 0.717) is 5.56 Å². The average molecular weight is 331 g/mol. The van der Waals surface area contributed by atoms with Gasteiger partial charge in [-0.3, -0.25) is 19.7 Å². The number of carbonyl (C=O) groups excluding carboxylic acids is 2. The highest BCUT2D eigenvalue weighted by Crippen LogP contribution is 2.14. The summed E-state index contributed by atoms with van der Waals surface area (Å²) in [5.74, 6) is -0.679. The quantitative estimate of drug-likeness (QED) is 0.643. The van der Waals surface area contributed by atoms with Gasteiger partial charge in [0.25, 0.3) is 11.6 Å². The lowest BCUT2D eigenvalue weighted by Gasteiger charge is -2.22. The number of nitrogens with zero attached hydrogens (tertiary/aromatic N) is 2. The molecule has 0 saturated heterocycles. The Labute approximate surface area is 138 Å². The lowest BCUT2D eigenvalue weighted by Crippen LogP contribution is -2.45. The molecule has 8 nitrogen and oxygen atoms in total. The number of nitro groups is 1. The monoisotopic (exact) mass is 331 g/mol. The van der Waals surface area contributed by atoms with Crippen LogP contribution < -0.4 is 5.32 Å². The van der Waals surface area contributed by atoms with Crippen LogP contribution in [0, 0.1) is 10.1 Å². The molecule has 0 aliphatic heterocycles. The Bertz CT molecular complexity index is 742. The lowest BCUT2D eigenvalue weighted by molar-refractivity contribution is -0.384. The van der Waals surface area contributed by atoms with Crippen LogP contribution in [0.3, 0.4) is 0 Å². The standard InChI is InChI=1S/C16H17N3O5/c1-11(17-15(20)14-7-4-8-24-14)16(21)18(2)10-12-5-3-6-13(9-12)19(22)23/h3-9,11H,10H2,1-2H3,(H,17,20)/t11-/m0/s1. The fraction of sp³-hybridized carbons (Fsp3) is 0.250. The first-order valence-electron chi connectivity index (χ1n) is 7.21. The predicted octanol–water partition coefficient (Wildman–Crippen LogP) is 1.96. The van der Waals surface area contributed by atoms with Gasteiger partial charge in [0.05, 0.1) is 11.2 Å². The molecule has 0 unspecified atom stereocenters. The van der Waals surface area contributed by atoms with Gasteiger partial charge in [0.2, 0.25) is 5.91 Å². The molecule has 1 aromatic heterocycles. The van der Waals surface area contributed by atoms with Gasteiger partial charge in [-0.2, -0.15) is 0 Å². The second-order valence-electron chi connectivity index (χ2n) is 5.29. The summed E-state index contributed by atoms with van der Waals surface area (Å²) in [6.07, 6.45) is 1.37. The van der Waals surface area contributed by atoms with Crippen molar-refractivity contribution in [2.24, 2.45) is 0 Å². The molecule has 0 bridgehead atoms.